The first-order chi connectivity index (χ1) is 8.97. The minimum absolute atomic E-state index is 0.0163. The number of nitrogens with zero attached hydrogens (tertiary/aromatic N) is 2. The van der Waals surface area contributed by atoms with Crippen molar-refractivity contribution in [2.45, 2.75) is 12.8 Å². The van der Waals surface area contributed by atoms with E-state index in [4.69, 9.17) is 10.4 Å². The number of nitriles is 1. The average molecular weight is 282 g/mol. The third-order valence-electron chi connectivity index (χ3n) is 2.38. The smallest absolute Gasteiger partial charge is 0.304 e. The lowest BCUT2D eigenvalue weighted by Crippen LogP contribution is -2.34. The number of carbonyl (C=O) groups is 1. The number of hydrogen-bond acceptors (Lipinski definition) is 4. The lowest BCUT2D eigenvalue weighted by atomic mass is 10.3. The first-order valence-electron chi connectivity index (χ1n) is 5.61. The van der Waals surface area contributed by atoms with E-state index >= 15 is 0 Å². The van der Waals surface area contributed by atoms with Crippen molar-refractivity contribution in [2.24, 2.45) is 0 Å². The molecule has 0 bridgehead atoms. The highest BCUT2D eigenvalue weighted by atomic mass is 32.2. The normalized spacial score (nSPS) is 10.7. The van der Waals surface area contributed by atoms with Gasteiger partial charge in [0.2, 0.25) is 10.0 Å². The summed E-state index contributed by atoms with van der Waals surface area (Å²) in [6, 6.07) is 10.2. The summed E-state index contributed by atoms with van der Waals surface area (Å²) in [5.74, 6) is -1.65. The van der Waals surface area contributed by atoms with Crippen LogP contribution in [0.4, 0.5) is 5.69 Å². The molecule has 0 saturated heterocycles. The Morgan fingerprint density at radius 1 is 1.32 bits per heavy atom. The molecular formula is C12H14N2O4S. The van der Waals surface area contributed by atoms with Crippen molar-refractivity contribution >= 4 is 21.7 Å². The fourth-order valence-corrected chi connectivity index (χ4v) is 2.97. The lowest BCUT2D eigenvalue weighted by molar-refractivity contribution is -0.136. The Morgan fingerprint density at radius 3 is 2.47 bits per heavy atom. The molecule has 7 heteroatoms. The van der Waals surface area contributed by atoms with Gasteiger partial charge in [0.1, 0.15) is 0 Å². The van der Waals surface area contributed by atoms with Gasteiger partial charge in [0, 0.05) is 6.54 Å². The van der Waals surface area contributed by atoms with Crippen molar-refractivity contribution in [1.29, 1.82) is 5.26 Å². The molecular weight excluding hydrogens is 268 g/mol. The van der Waals surface area contributed by atoms with Crippen LogP contribution in [0.2, 0.25) is 0 Å². The summed E-state index contributed by atoms with van der Waals surface area (Å²) in [5, 5.41) is 17.2. The molecule has 1 aromatic rings. The van der Waals surface area contributed by atoms with E-state index in [2.05, 4.69) is 0 Å². The predicted molar refractivity (Wildman–Crippen MR) is 70.1 cm³/mol. The van der Waals surface area contributed by atoms with E-state index in [0.717, 1.165) is 4.31 Å². The summed E-state index contributed by atoms with van der Waals surface area (Å²) in [5.41, 5.74) is 0.433. The quantitative estimate of drug-likeness (QED) is 0.810. The zero-order valence-electron chi connectivity index (χ0n) is 10.2. The highest BCUT2D eigenvalue weighted by Gasteiger charge is 2.22. The predicted octanol–water partition coefficient (Wildman–Crippen LogP) is 1.21. The number of para-hydroxylation sites is 1. The zero-order chi connectivity index (χ0) is 14.3. The van der Waals surface area contributed by atoms with E-state index in [-0.39, 0.29) is 13.0 Å². The molecule has 1 aromatic carbocycles. The number of anilines is 1. The van der Waals surface area contributed by atoms with Gasteiger partial charge in [-0.3, -0.25) is 9.10 Å². The van der Waals surface area contributed by atoms with Crippen LogP contribution in [0.15, 0.2) is 30.3 Å². The second-order valence-corrected chi connectivity index (χ2v) is 5.79. The number of carboxylic acid groups (broad SMARTS) is 1. The van der Waals surface area contributed by atoms with E-state index in [1.165, 1.54) is 0 Å². The highest BCUT2D eigenvalue weighted by Crippen LogP contribution is 2.18. The van der Waals surface area contributed by atoms with Crippen LogP contribution in [0, 0.1) is 11.3 Å². The second kappa shape index (κ2) is 6.75. The first-order valence-corrected chi connectivity index (χ1v) is 7.22. The van der Waals surface area contributed by atoms with Crippen LogP contribution in [-0.2, 0) is 14.8 Å². The molecule has 19 heavy (non-hydrogen) atoms. The van der Waals surface area contributed by atoms with Crippen molar-refractivity contribution in [2.75, 3.05) is 16.6 Å². The Morgan fingerprint density at radius 2 is 1.95 bits per heavy atom. The minimum atomic E-state index is -3.74. The summed E-state index contributed by atoms with van der Waals surface area (Å²) >= 11 is 0. The molecule has 102 valence electrons. The van der Waals surface area contributed by atoms with Crippen LogP contribution in [0.25, 0.3) is 0 Å². The van der Waals surface area contributed by atoms with Gasteiger partial charge in [0.05, 0.1) is 30.4 Å². The monoisotopic (exact) mass is 282 g/mol. The third-order valence-corrected chi connectivity index (χ3v) is 4.17. The summed E-state index contributed by atoms with van der Waals surface area (Å²) in [7, 11) is -3.74. The van der Waals surface area contributed by atoms with Gasteiger partial charge < -0.3 is 5.11 Å². The van der Waals surface area contributed by atoms with E-state index in [0.29, 0.717) is 5.69 Å². The van der Waals surface area contributed by atoms with Crippen LogP contribution in [0.5, 0.6) is 0 Å². The Balaban J connectivity index is 2.97. The molecule has 6 nitrogen and oxygen atoms in total. The number of rotatable bonds is 7. The van der Waals surface area contributed by atoms with E-state index in [1.807, 2.05) is 6.07 Å². The van der Waals surface area contributed by atoms with Gasteiger partial charge >= 0.3 is 5.97 Å². The van der Waals surface area contributed by atoms with Crippen molar-refractivity contribution in [3.05, 3.63) is 30.3 Å². The average Bonchev–Trinajstić information content (AvgIpc) is 2.38. The van der Waals surface area contributed by atoms with Gasteiger partial charge in [0.15, 0.2) is 0 Å². The van der Waals surface area contributed by atoms with E-state index in [9.17, 15) is 13.2 Å². The van der Waals surface area contributed by atoms with Gasteiger partial charge in [-0.15, -0.1) is 0 Å². The number of carboxylic acids is 1. The molecule has 0 heterocycles. The maximum atomic E-state index is 12.1. The molecule has 0 aliphatic rings. The maximum absolute atomic E-state index is 12.1. The molecule has 0 radical (unpaired) electrons. The molecule has 0 saturated carbocycles. The number of aliphatic carboxylic acids is 1. The Bertz CT molecular complexity index is 563. The summed E-state index contributed by atoms with van der Waals surface area (Å²) in [6.07, 6.45) is -0.417. The van der Waals surface area contributed by atoms with Crippen molar-refractivity contribution in [3.8, 4) is 6.07 Å². The molecule has 0 atom stereocenters. The second-order valence-electron chi connectivity index (χ2n) is 3.78. The maximum Gasteiger partial charge on any atom is 0.304 e. The van der Waals surface area contributed by atoms with Gasteiger partial charge in [-0.2, -0.15) is 5.26 Å². The molecule has 1 N–H and O–H groups in total. The van der Waals surface area contributed by atoms with Crippen LogP contribution in [-0.4, -0.2) is 31.8 Å². The molecule has 0 fully saturated rings. The molecule has 0 aliphatic heterocycles. The molecule has 0 aliphatic carbocycles. The molecule has 0 unspecified atom stereocenters. The fourth-order valence-electron chi connectivity index (χ4n) is 1.50. The Labute approximate surface area is 111 Å². The lowest BCUT2D eigenvalue weighted by Gasteiger charge is -2.23. The number of hydrogen-bond donors (Lipinski definition) is 1. The van der Waals surface area contributed by atoms with Gasteiger partial charge in [-0.1, -0.05) is 18.2 Å². The summed E-state index contributed by atoms with van der Waals surface area (Å²) < 4.78 is 25.3. The third kappa shape index (κ3) is 4.60. The molecule has 0 spiro atoms. The fraction of sp³-hybridized carbons (Fsp3) is 0.333. The topological polar surface area (TPSA) is 98.5 Å². The first kappa shape index (κ1) is 15.0. The number of sulfonamides is 1. The highest BCUT2D eigenvalue weighted by molar-refractivity contribution is 7.92. The van der Waals surface area contributed by atoms with Crippen LogP contribution < -0.4 is 4.31 Å². The molecule has 0 amide bonds. The Kier molecular flexibility index (Phi) is 5.33. The van der Waals surface area contributed by atoms with Crippen molar-refractivity contribution < 1.29 is 18.3 Å². The minimum Gasteiger partial charge on any atom is -0.481 e. The van der Waals surface area contributed by atoms with Gasteiger partial charge in [-0.05, 0) is 12.1 Å². The van der Waals surface area contributed by atoms with Crippen LogP contribution in [0.1, 0.15) is 12.8 Å². The van der Waals surface area contributed by atoms with Gasteiger partial charge in [-0.25, -0.2) is 8.42 Å². The standard InChI is InChI=1S/C12H14N2O4S/c13-8-4-9-14(11-5-2-1-3-6-11)19(17,18)10-7-12(15)16/h1-3,5-6H,4,7,9-10H2,(H,15,16). The number of benzene rings is 1. The Hall–Kier alpha value is -2.07. The zero-order valence-corrected chi connectivity index (χ0v) is 11.0. The molecule has 0 aromatic heterocycles. The van der Waals surface area contributed by atoms with Crippen molar-refractivity contribution in [3.63, 3.8) is 0 Å². The summed E-state index contributed by atoms with van der Waals surface area (Å²) in [6.45, 7) is 0.0163. The summed E-state index contributed by atoms with van der Waals surface area (Å²) in [4.78, 5) is 10.5. The van der Waals surface area contributed by atoms with Gasteiger partial charge in [0.25, 0.3) is 0 Å². The van der Waals surface area contributed by atoms with E-state index < -0.39 is 28.2 Å². The van der Waals surface area contributed by atoms with Crippen LogP contribution >= 0.6 is 0 Å². The SMILES string of the molecule is N#CCCN(c1ccccc1)S(=O)(=O)CCC(=O)O. The molecule has 1 rings (SSSR count). The largest absolute Gasteiger partial charge is 0.481 e. The van der Waals surface area contributed by atoms with Crippen LogP contribution in [0.3, 0.4) is 0 Å². The van der Waals surface area contributed by atoms with E-state index in [1.54, 1.807) is 30.3 Å². The van der Waals surface area contributed by atoms with Crippen molar-refractivity contribution in [1.82, 2.24) is 0 Å².